The van der Waals surface area contributed by atoms with Crippen LogP contribution in [0.15, 0.2) is 12.5 Å². The Balaban J connectivity index is 2.47. The standard InChI is InChI=1S/C9H17N3/c1-4-5-10-8(2)9-6-12(3)7-11-9/h6-8,10H,4-5H2,1-3H3. The molecule has 0 aromatic carbocycles. The van der Waals surface area contributed by atoms with Gasteiger partial charge >= 0.3 is 0 Å². The zero-order chi connectivity index (χ0) is 8.97. The highest BCUT2D eigenvalue weighted by molar-refractivity contribution is 5.01. The number of rotatable bonds is 4. The summed E-state index contributed by atoms with van der Waals surface area (Å²) in [6.45, 7) is 5.36. The minimum atomic E-state index is 0.367. The molecule has 0 fully saturated rings. The van der Waals surface area contributed by atoms with Gasteiger partial charge in [-0.2, -0.15) is 0 Å². The molecular weight excluding hydrogens is 150 g/mol. The Morgan fingerprint density at radius 2 is 2.42 bits per heavy atom. The summed E-state index contributed by atoms with van der Waals surface area (Å²) >= 11 is 0. The SMILES string of the molecule is CCCNC(C)c1cn(C)cn1. The van der Waals surface area contributed by atoms with E-state index in [2.05, 4.69) is 24.1 Å². The van der Waals surface area contributed by atoms with Gasteiger partial charge in [0.15, 0.2) is 0 Å². The number of nitrogens with zero attached hydrogens (tertiary/aromatic N) is 2. The summed E-state index contributed by atoms with van der Waals surface area (Å²) < 4.78 is 1.97. The lowest BCUT2D eigenvalue weighted by molar-refractivity contribution is 0.560. The van der Waals surface area contributed by atoms with Gasteiger partial charge in [-0.05, 0) is 19.9 Å². The Labute approximate surface area is 73.8 Å². The summed E-state index contributed by atoms with van der Waals surface area (Å²) in [5.74, 6) is 0. The average Bonchev–Trinajstić information content (AvgIpc) is 2.47. The second kappa shape index (κ2) is 4.26. The first kappa shape index (κ1) is 9.26. The highest BCUT2D eigenvalue weighted by atomic mass is 15.0. The number of aryl methyl sites for hydroxylation is 1. The highest BCUT2D eigenvalue weighted by Crippen LogP contribution is 2.07. The van der Waals surface area contributed by atoms with Crippen molar-refractivity contribution < 1.29 is 0 Å². The summed E-state index contributed by atoms with van der Waals surface area (Å²) in [6.07, 6.45) is 5.05. The summed E-state index contributed by atoms with van der Waals surface area (Å²) in [5, 5.41) is 3.39. The summed E-state index contributed by atoms with van der Waals surface area (Å²) in [5.41, 5.74) is 1.12. The van der Waals surface area contributed by atoms with E-state index < -0.39 is 0 Å². The number of nitrogens with one attached hydrogen (secondary N) is 1. The maximum atomic E-state index is 4.27. The van der Waals surface area contributed by atoms with Crippen LogP contribution in [0.5, 0.6) is 0 Å². The van der Waals surface area contributed by atoms with Crippen molar-refractivity contribution in [2.75, 3.05) is 6.54 Å². The fraction of sp³-hybridized carbons (Fsp3) is 0.667. The molecule has 1 aromatic rings. The first-order chi connectivity index (χ1) is 5.74. The molecule has 0 aliphatic rings. The van der Waals surface area contributed by atoms with Crippen LogP contribution in [0.4, 0.5) is 0 Å². The monoisotopic (exact) mass is 167 g/mol. The normalized spacial score (nSPS) is 13.2. The second-order valence-corrected chi connectivity index (χ2v) is 3.14. The van der Waals surface area contributed by atoms with Crippen molar-refractivity contribution >= 4 is 0 Å². The molecular formula is C9H17N3. The number of hydrogen-bond acceptors (Lipinski definition) is 2. The molecule has 1 atom stereocenters. The molecule has 1 unspecified atom stereocenters. The Morgan fingerprint density at radius 3 is 2.92 bits per heavy atom. The molecule has 0 amide bonds. The van der Waals surface area contributed by atoms with Crippen molar-refractivity contribution in [3.8, 4) is 0 Å². The minimum Gasteiger partial charge on any atom is -0.340 e. The van der Waals surface area contributed by atoms with Crippen molar-refractivity contribution in [1.29, 1.82) is 0 Å². The molecule has 0 spiro atoms. The van der Waals surface area contributed by atoms with Gasteiger partial charge in [-0.25, -0.2) is 4.98 Å². The van der Waals surface area contributed by atoms with Gasteiger partial charge < -0.3 is 9.88 Å². The molecule has 1 aromatic heterocycles. The fourth-order valence-electron chi connectivity index (χ4n) is 1.12. The molecule has 1 heterocycles. The number of imidazole rings is 1. The third-order valence-electron chi connectivity index (χ3n) is 1.87. The smallest absolute Gasteiger partial charge is 0.0947 e. The minimum absolute atomic E-state index is 0.367. The summed E-state index contributed by atoms with van der Waals surface area (Å²) in [7, 11) is 1.99. The molecule has 0 aliphatic carbocycles. The van der Waals surface area contributed by atoms with Gasteiger partial charge in [0.2, 0.25) is 0 Å². The van der Waals surface area contributed by atoms with Crippen molar-refractivity contribution in [2.24, 2.45) is 7.05 Å². The van der Waals surface area contributed by atoms with Crippen LogP contribution in [0.2, 0.25) is 0 Å². The molecule has 68 valence electrons. The van der Waals surface area contributed by atoms with Gasteiger partial charge in [0.25, 0.3) is 0 Å². The zero-order valence-electron chi connectivity index (χ0n) is 8.04. The van der Waals surface area contributed by atoms with Crippen LogP contribution >= 0.6 is 0 Å². The van der Waals surface area contributed by atoms with E-state index in [-0.39, 0.29) is 0 Å². The second-order valence-electron chi connectivity index (χ2n) is 3.14. The van der Waals surface area contributed by atoms with E-state index in [0.717, 1.165) is 18.7 Å². The molecule has 0 saturated heterocycles. The zero-order valence-corrected chi connectivity index (χ0v) is 8.04. The molecule has 1 rings (SSSR count). The van der Waals surface area contributed by atoms with Gasteiger partial charge in [0.1, 0.15) is 0 Å². The van der Waals surface area contributed by atoms with E-state index in [1.165, 1.54) is 0 Å². The van der Waals surface area contributed by atoms with E-state index in [1.807, 2.05) is 24.1 Å². The maximum absolute atomic E-state index is 4.27. The Morgan fingerprint density at radius 1 is 1.67 bits per heavy atom. The quantitative estimate of drug-likeness (QED) is 0.736. The van der Waals surface area contributed by atoms with Crippen LogP contribution in [0.3, 0.4) is 0 Å². The molecule has 0 radical (unpaired) electrons. The van der Waals surface area contributed by atoms with Crippen LogP contribution < -0.4 is 5.32 Å². The predicted octanol–water partition coefficient (Wildman–Crippen LogP) is 1.48. The Kier molecular flexibility index (Phi) is 3.29. The lowest BCUT2D eigenvalue weighted by atomic mass is 10.2. The molecule has 12 heavy (non-hydrogen) atoms. The largest absolute Gasteiger partial charge is 0.340 e. The molecule has 3 heteroatoms. The van der Waals surface area contributed by atoms with Crippen molar-refractivity contribution in [3.05, 3.63) is 18.2 Å². The lowest BCUT2D eigenvalue weighted by Crippen LogP contribution is -2.19. The molecule has 0 bridgehead atoms. The van der Waals surface area contributed by atoms with Gasteiger partial charge in [-0.3, -0.25) is 0 Å². The molecule has 3 nitrogen and oxygen atoms in total. The molecule has 0 saturated carbocycles. The molecule has 1 N–H and O–H groups in total. The first-order valence-electron chi connectivity index (χ1n) is 4.45. The molecule has 0 aliphatic heterocycles. The maximum Gasteiger partial charge on any atom is 0.0947 e. The first-order valence-corrected chi connectivity index (χ1v) is 4.45. The Bertz CT molecular complexity index is 229. The van der Waals surface area contributed by atoms with Gasteiger partial charge in [0.05, 0.1) is 12.0 Å². The topological polar surface area (TPSA) is 29.9 Å². The van der Waals surface area contributed by atoms with Crippen molar-refractivity contribution in [3.63, 3.8) is 0 Å². The van der Waals surface area contributed by atoms with Gasteiger partial charge in [0, 0.05) is 19.3 Å². The van der Waals surface area contributed by atoms with Crippen LogP contribution in [-0.2, 0) is 7.05 Å². The summed E-state index contributed by atoms with van der Waals surface area (Å²) in [6, 6.07) is 0.367. The average molecular weight is 167 g/mol. The van der Waals surface area contributed by atoms with Crippen LogP contribution in [0, 0.1) is 0 Å². The number of aromatic nitrogens is 2. The Hall–Kier alpha value is -0.830. The van der Waals surface area contributed by atoms with E-state index in [1.54, 1.807) is 0 Å². The van der Waals surface area contributed by atoms with E-state index in [0.29, 0.717) is 6.04 Å². The van der Waals surface area contributed by atoms with E-state index in [4.69, 9.17) is 0 Å². The van der Waals surface area contributed by atoms with Crippen LogP contribution in [0.1, 0.15) is 32.0 Å². The van der Waals surface area contributed by atoms with Crippen molar-refractivity contribution in [1.82, 2.24) is 14.9 Å². The third kappa shape index (κ3) is 2.34. The third-order valence-corrected chi connectivity index (χ3v) is 1.87. The van der Waals surface area contributed by atoms with Gasteiger partial charge in [-0.15, -0.1) is 0 Å². The van der Waals surface area contributed by atoms with Crippen LogP contribution in [0.25, 0.3) is 0 Å². The highest BCUT2D eigenvalue weighted by Gasteiger charge is 2.05. The van der Waals surface area contributed by atoms with E-state index >= 15 is 0 Å². The number of hydrogen-bond donors (Lipinski definition) is 1. The summed E-state index contributed by atoms with van der Waals surface area (Å²) in [4.78, 5) is 4.27. The lowest BCUT2D eigenvalue weighted by Gasteiger charge is -2.09. The predicted molar refractivity (Wildman–Crippen MR) is 49.9 cm³/mol. The van der Waals surface area contributed by atoms with Gasteiger partial charge in [-0.1, -0.05) is 6.92 Å². The fourth-order valence-corrected chi connectivity index (χ4v) is 1.12. The van der Waals surface area contributed by atoms with Crippen molar-refractivity contribution in [2.45, 2.75) is 26.3 Å². The van der Waals surface area contributed by atoms with E-state index in [9.17, 15) is 0 Å². The van der Waals surface area contributed by atoms with Crippen LogP contribution in [-0.4, -0.2) is 16.1 Å².